The second kappa shape index (κ2) is 4.91. The van der Waals surface area contributed by atoms with Crippen molar-refractivity contribution in [3.63, 3.8) is 0 Å². The molecule has 3 nitrogen and oxygen atoms in total. The molecule has 0 aliphatic rings. The van der Waals surface area contributed by atoms with Gasteiger partial charge in [-0.3, -0.25) is 4.79 Å². The van der Waals surface area contributed by atoms with E-state index in [0.717, 1.165) is 6.42 Å². The Labute approximate surface area is 67.2 Å². The van der Waals surface area contributed by atoms with Crippen LogP contribution in [0.2, 0.25) is 0 Å². The predicted octanol–water partition coefficient (Wildman–Crippen LogP) is 0.843. The fraction of sp³-hybridized carbons (Fsp3) is 0.625. The monoisotopic (exact) mass is 157 g/mol. The van der Waals surface area contributed by atoms with Gasteiger partial charge in [0.05, 0.1) is 6.10 Å². The molecule has 0 spiro atoms. The third-order valence-corrected chi connectivity index (χ3v) is 1.53. The minimum absolute atomic E-state index is 0.00231. The highest BCUT2D eigenvalue weighted by molar-refractivity contribution is 5.91. The predicted molar refractivity (Wildman–Crippen MR) is 44.0 cm³/mol. The third kappa shape index (κ3) is 3.78. The van der Waals surface area contributed by atoms with Crippen LogP contribution in [0.25, 0.3) is 0 Å². The Balaban J connectivity index is 4.14. The van der Waals surface area contributed by atoms with Gasteiger partial charge >= 0.3 is 0 Å². The molecule has 64 valence electrons. The standard InChI is InChI=1S/C8H15NO2/c1-4-7(11-3)5-6(2)8(9)10/h5,7H,4H2,1-3H3,(H2,9,10). The third-order valence-electron chi connectivity index (χ3n) is 1.53. The van der Waals surface area contributed by atoms with Gasteiger partial charge in [0.25, 0.3) is 0 Å². The molecule has 1 atom stereocenters. The summed E-state index contributed by atoms with van der Waals surface area (Å²) in [5.41, 5.74) is 5.59. The SMILES string of the molecule is CCC(C=C(C)C(N)=O)OC. The number of nitrogens with two attached hydrogens (primary N) is 1. The largest absolute Gasteiger partial charge is 0.377 e. The smallest absolute Gasteiger partial charge is 0.244 e. The van der Waals surface area contributed by atoms with E-state index in [-0.39, 0.29) is 12.0 Å². The molecule has 0 saturated carbocycles. The van der Waals surface area contributed by atoms with Crippen LogP contribution >= 0.6 is 0 Å². The molecule has 0 rings (SSSR count). The molecular weight excluding hydrogens is 142 g/mol. The van der Waals surface area contributed by atoms with Crippen molar-refractivity contribution in [1.82, 2.24) is 0 Å². The topological polar surface area (TPSA) is 52.3 Å². The van der Waals surface area contributed by atoms with Gasteiger partial charge in [-0.15, -0.1) is 0 Å². The summed E-state index contributed by atoms with van der Waals surface area (Å²) in [6.07, 6.45) is 2.59. The highest BCUT2D eigenvalue weighted by atomic mass is 16.5. The van der Waals surface area contributed by atoms with Gasteiger partial charge in [-0.05, 0) is 19.4 Å². The van der Waals surface area contributed by atoms with Crippen molar-refractivity contribution in [1.29, 1.82) is 0 Å². The Morgan fingerprint density at radius 2 is 2.27 bits per heavy atom. The summed E-state index contributed by atoms with van der Waals surface area (Å²) in [6, 6.07) is 0. The van der Waals surface area contributed by atoms with E-state index < -0.39 is 0 Å². The highest BCUT2D eigenvalue weighted by Gasteiger charge is 2.03. The maximum absolute atomic E-state index is 10.6. The zero-order valence-electron chi connectivity index (χ0n) is 7.26. The minimum Gasteiger partial charge on any atom is -0.377 e. The number of amides is 1. The Morgan fingerprint density at radius 1 is 1.73 bits per heavy atom. The van der Waals surface area contributed by atoms with Crippen LogP contribution in [0.4, 0.5) is 0 Å². The van der Waals surface area contributed by atoms with Crippen LogP contribution in [0.3, 0.4) is 0 Å². The van der Waals surface area contributed by atoms with Crippen molar-refractivity contribution in [3.8, 4) is 0 Å². The molecule has 0 saturated heterocycles. The lowest BCUT2D eigenvalue weighted by atomic mass is 10.2. The number of carbonyl (C=O) groups excluding carboxylic acids is 1. The van der Waals surface area contributed by atoms with Crippen LogP contribution < -0.4 is 5.73 Å². The first-order valence-corrected chi connectivity index (χ1v) is 3.62. The quantitative estimate of drug-likeness (QED) is 0.615. The lowest BCUT2D eigenvalue weighted by Gasteiger charge is -2.07. The summed E-state index contributed by atoms with van der Waals surface area (Å²) in [5, 5.41) is 0. The van der Waals surface area contributed by atoms with E-state index >= 15 is 0 Å². The first-order chi connectivity index (χ1) is 5.11. The second-order valence-corrected chi connectivity index (χ2v) is 2.40. The molecule has 0 aliphatic heterocycles. The first-order valence-electron chi connectivity index (χ1n) is 3.62. The molecule has 3 heteroatoms. The van der Waals surface area contributed by atoms with Gasteiger partial charge in [0.2, 0.25) is 5.91 Å². The summed E-state index contributed by atoms with van der Waals surface area (Å²) in [4.78, 5) is 10.6. The van der Waals surface area contributed by atoms with Gasteiger partial charge in [0.15, 0.2) is 0 Å². The van der Waals surface area contributed by atoms with Crippen LogP contribution in [0.15, 0.2) is 11.6 Å². The summed E-state index contributed by atoms with van der Waals surface area (Å²) in [5.74, 6) is -0.388. The van der Waals surface area contributed by atoms with Crippen molar-refractivity contribution < 1.29 is 9.53 Å². The van der Waals surface area contributed by atoms with E-state index in [1.807, 2.05) is 6.92 Å². The lowest BCUT2D eigenvalue weighted by molar-refractivity contribution is -0.114. The Hall–Kier alpha value is -0.830. The summed E-state index contributed by atoms with van der Waals surface area (Å²) in [7, 11) is 1.61. The van der Waals surface area contributed by atoms with E-state index in [1.54, 1.807) is 20.1 Å². The van der Waals surface area contributed by atoms with Crippen molar-refractivity contribution in [3.05, 3.63) is 11.6 Å². The average Bonchev–Trinajstić information content (AvgIpc) is 1.99. The van der Waals surface area contributed by atoms with Gasteiger partial charge in [0.1, 0.15) is 0 Å². The normalized spacial score (nSPS) is 14.6. The number of primary amides is 1. The number of carbonyl (C=O) groups is 1. The van der Waals surface area contributed by atoms with Crippen LogP contribution in [0.5, 0.6) is 0 Å². The van der Waals surface area contributed by atoms with E-state index in [2.05, 4.69) is 0 Å². The molecular formula is C8H15NO2. The molecule has 1 unspecified atom stereocenters. The van der Waals surface area contributed by atoms with Gasteiger partial charge < -0.3 is 10.5 Å². The van der Waals surface area contributed by atoms with Crippen LogP contribution in [0.1, 0.15) is 20.3 Å². The van der Waals surface area contributed by atoms with Gasteiger partial charge in [-0.2, -0.15) is 0 Å². The lowest BCUT2D eigenvalue weighted by Crippen LogP contribution is -2.15. The average molecular weight is 157 g/mol. The second-order valence-electron chi connectivity index (χ2n) is 2.40. The minimum atomic E-state index is -0.388. The van der Waals surface area contributed by atoms with Crippen molar-refractivity contribution in [2.45, 2.75) is 26.4 Å². The molecule has 0 fully saturated rings. The molecule has 0 heterocycles. The summed E-state index contributed by atoms with van der Waals surface area (Å²) < 4.78 is 5.04. The van der Waals surface area contributed by atoms with E-state index in [4.69, 9.17) is 10.5 Å². The van der Waals surface area contributed by atoms with Crippen LogP contribution in [-0.4, -0.2) is 19.1 Å². The van der Waals surface area contributed by atoms with Crippen molar-refractivity contribution in [2.24, 2.45) is 5.73 Å². The highest BCUT2D eigenvalue weighted by Crippen LogP contribution is 2.02. The Morgan fingerprint density at radius 3 is 2.55 bits per heavy atom. The maximum Gasteiger partial charge on any atom is 0.244 e. The number of hydrogen-bond acceptors (Lipinski definition) is 2. The van der Waals surface area contributed by atoms with Crippen LogP contribution in [0, 0.1) is 0 Å². The molecule has 0 aromatic rings. The molecule has 11 heavy (non-hydrogen) atoms. The molecule has 0 aliphatic carbocycles. The molecule has 0 aromatic carbocycles. The molecule has 0 aromatic heterocycles. The molecule has 0 radical (unpaired) electrons. The summed E-state index contributed by atoms with van der Waals surface area (Å²) >= 11 is 0. The van der Waals surface area contributed by atoms with Gasteiger partial charge in [-0.1, -0.05) is 6.92 Å². The van der Waals surface area contributed by atoms with Gasteiger partial charge in [-0.25, -0.2) is 0 Å². The fourth-order valence-electron chi connectivity index (χ4n) is 0.714. The van der Waals surface area contributed by atoms with Crippen LogP contribution in [-0.2, 0) is 9.53 Å². The Bertz CT molecular complexity index is 159. The van der Waals surface area contributed by atoms with E-state index in [9.17, 15) is 4.79 Å². The molecule has 0 bridgehead atoms. The summed E-state index contributed by atoms with van der Waals surface area (Å²) in [6.45, 7) is 3.67. The number of rotatable bonds is 4. The molecule has 2 N–H and O–H groups in total. The number of ether oxygens (including phenoxy) is 1. The zero-order valence-corrected chi connectivity index (χ0v) is 7.26. The molecule has 1 amide bonds. The van der Waals surface area contributed by atoms with Gasteiger partial charge in [0, 0.05) is 12.7 Å². The zero-order chi connectivity index (χ0) is 8.85. The maximum atomic E-state index is 10.6. The number of hydrogen-bond donors (Lipinski definition) is 1. The first kappa shape index (κ1) is 10.2. The van der Waals surface area contributed by atoms with Crippen molar-refractivity contribution in [2.75, 3.05) is 7.11 Å². The number of methoxy groups -OCH3 is 1. The van der Waals surface area contributed by atoms with E-state index in [0.29, 0.717) is 5.57 Å². The van der Waals surface area contributed by atoms with E-state index in [1.165, 1.54) is 0 Å². The Kier molecular flexibility index (Phi) is 4.54. The fourth-order valence-corrected chi connectivity index (χ4v) is 0.714. The van der Waals surface area contributed by atoms with Crippen molar-refractivity contribution >= 4 is 5.91 Å².